The molecule has 7 heteroatoms. The molecule has 0 aliphatic carbocycles. The van der Waals surface area contributed by atoms with Crippen LogP contribution in [0.25, 0.3) is 11.3 Å². The molecular weight excluding hydrogens is 358 g/mol. The van der Waals surface area contributed by atoms with E-state index in [-0.39, 0.29) is 5.91 Å². The summed E-state index contributed by atoms with van der Waals surface area (Å²) in [5.74, 6) is 1.72. The van der Waals surface area contributed by atoms with Crippen molar-refractivity contribution >= 4 is 5.91 Å². The molecule has 7 nitrogen and oxygen atoms in total. The molecule has 0 atom stereocenters. The molecule has 3 rings (SSSR count). The first-order valence-corrected chi connectivity index (χ1v) is 8.73. The summed E-state index contributed by atoms with van der Waals surface area (Å²) in [6, 6.07) is 18.0. The topological polar surface area (TPSA) is 82.6 Å². The second-order valence-electron chi connectivity index (χ2n) is 5.82. The van der Waals surface area contributed by atoms with Gasteiger partial charge in [0.1, 0.15) is 18.1 Å². The fourth-order valence-corrected chi connectivity index (χ4v) is 2.48. The van der Waals surface area contributed by atoms with E-state index >= 15 is 0 Å². The van der Waals surface area contributed by atoms with E-state index in [4.69, 9.17) is 14.2 Å². The fraction of sp³-hybridized carbons (Fsp3) is 0.190. The zero-order valence-electron chi connectivity index (χ0n) is 15.7. The molecule has 0 saturated heterocycles. The molecule has 1 N–H and O–H groups in total. The summed E-state index contributed by atoms with van der Waals surface area (Å²) in [6.45, 7) is 0.644. The Morgan fingerprint density at radius 2 is 1.50 bits per heavy atom. The van der Waals surface area contributed by atoms with E-state index in [9.17, 15) is 4.79 Å². The van der Waals surface area contributed by atoms with Crippen molar-refractivity contribution in [3.63, 3.8) is 0 Å². The highest BCUT2D eigenvalue weighted by molar-refractivity contribution is 5.94. The number of carbonyl (C=O) groups is 1. The van der Waals surface area contributed by atoms with Crippen LogP contribution >= 0.6 is 0 Å². The van der Waals surface area contributed by atoms with Gasteiger partial charge in [-0.3, -0.25) is 4.79 Å². The summed E-state index contributed by atoms with van der Waals surface area (Å²) >= 11 is 0. The van der Waals surface area contributed by atoms with Crippen molar-refractivity contribution < 1.29 is 19.0 Å². The van der Waals surface area contributed by atoms with Crippen molar-refractivity contribution in [3.05, 3.63) is 66.2 Å². The van der Waals surface area contributed by atoms with Gasteiger partial charge in [0.2, 0.25) is 5.88 Å². The maximum absolute atomic E-state index is 12.1. The minimum Gasteiger partial charge on any atom is -0.497 e. The van der Waals surface area contributed by atoms with Gasteiger partial charge >= 0.3 is 0 Å². The summed E-state index contributed by atoms with van der Waals surface area (Å²) < 4.78 is 15.7. The number of rotatable bonds is 8. The molecule has 0 radical (unpaired) electrons. The van der Waals surface area contributed by atoms with Gasteiger partial charge < -0.3 is 19.5 Å². The fourth-order valence-electron chi connectivity index (χ4n) is 2.48. The molecule has 0 spiro atoms. The van der Waals surface area contributed by atoms with Crippen LogP contribution in [0.15, 0.2) is 60.7 Å². The number of aromatic nitrogens is 2. The molecule has 1 aromatic heterocycles. The van der Waals surface area contributed by atoms with E-state index in [2.05, 4.69) is 15.5 Å². The van der Waals surface area contributed by atoms with Crippen molar-refractivity contribution in [2.45, 2.75) is 0 Å². The average molecular weight is 379 g/mol. The van der Waals surface area contributed by atoms with Gasteiger partial charge in [0, 0.05) is 17.2 Å². The highest BCUT2D eigenvalue weighted by atomic mass is 16.5. The van der Waals surface area contributed by atoms with Gasteiger partial charge in [0.05, 0.1) is 26.5 Å². The van der Waals surface area contributed by atoms with Crippen LogP contribution in [0.3, 0.4) is 0 Å². The van der Waals surface area contributed by atoms with E-state index in [1.54, 1.807) is 44.6 Å². The summed E-state index contributed by atoms with van der Waals surface area (Å²) in [7, 11) is 3.21. The Morgan fingerprint density at radius 1 is 0.857 bits per heavy atom. The number of methoxy groups -OCH3 is 2. The van der Waals surface area contributed by atoms with Crippen LogP contribution in [0.5, 0.6) is 17.4 Å². The number of benzene rings is 2. The highest BCUT2D eigenvalue weighted by Crippen LogP contribution is 2.21. The second kappa shape index (κ2) is 9.36. The van der Waals surface area contributed by atoms with Crippen molar-refractivity contribution in [1.82, 2.24) is 15.5 Å². The number of ether oxygens (including phenoxy) is 3. The summed E-state index contributed by atoms with van der Waals surface area (Å²) in [4.78, 5) is 12.1. The number of carbonyl (C=O) groups excluding carboxylic acids is 1. The third-order valence-electron chi connectivity index (χ3n) is 4.02. The molecule has 1 heterocycles. The lowest BCUT2D eigenvalue weighted by atomic mass is 10.1. The predicted molar refractivity (Wildman–Crippen MR) is 105 cm³/mol. The molecule has 28 heavy (non-hydrogen) atoms. The molecular formula is C21H21N3O4. The van der Waals surface area contributed by atoms with Crippen molar-refractivity contribution in [3.8, 4) is 28.6 Å². The van der Waals surface area contributed by atoms with Gasteiger partial charge in [-0.05, 0) is 54.6 Å². The molecule has 0 unspecified atom stereocenters. The van der Waals surface area contributed by atoms with E-state index in [0.29, 0.717) is 30.3 Å². The number of nitrogens with one attached hydrogen (secondary N) is 1. The first-order valence-electron chi connectivity index (χ1n) is 8.73. The smallest absolute Gasteiger partial charge is 0.251 e. The Kier molecular flexibility index (Phi) is 6.41. The van der Waals surface area contributed by atoms with Crippen molar-refractivity contribution in [2.75, 3.05) is 27.4 Å². The number of nitrogens with zero attached hydrogens (tertiary/aromatic N) is 2. The second-order valence-corrected chi connectivity index (χ2v) is 5.82. The van der Waals surface area contributed by atoms with Gasteiger partial charge in [-0.25, -0.2) is 0 Å². The molecule has 2 aromatic carbocycles. The SMILES string of the molecule is COc1ccc(C(=O)NCCOc2ccc(-c3ccc(OC)cc3)nn2)cc1. The van der Waals surface area contributed by atoms with Gasteiger partial charge in [-0.2, -0.15) is 0 Å². The number of hydrogen-bond donors (Lipinski definition) is 1. The summed E-state index contributed by atoms with van der Waals surface area (Å²) in [6.07, 6.45) is 0. The molecule has 3 aromatic rings. The van der Waals surface area contributed by atoms with Gasteiger partial charge in [-0.15, -0.1) is 10.2 Å². The van der Waals surface area contributed by atoms with Crippen LogP contribution in [-0.4, -0.2) is 43.5 Å². The monoisotopic (exact) mass is 379 g/mol. The van der Waals surface area contributed by atoms with Gasteiger partial charge in [0.25, 0.3) is 5.91 Å². The van der Waals surface area contributed by atoms with E-state index in [0.717, 1.165) is 17.0 Å². The molecule has 1 amide bonds. The predicted octanol–water partition coefficient (Wildman–Crippen LogP) is 2.97. The Bertz CT molecular complexity index is 894. The summed E-state index contributed by atoms with van der Waals surface area (Å²) in [5.41, 5.74) is 2.24. The third kappa shape index (κ3) is 4.97. The largest absolute Gasteiger partial charge is 0.497 e. The number of amides is 1. The Labute approximate surface area is 163 Å². The lowest BCUT2D eigenvalue weighted by molar-refractivity contribution is 0.0946. The minimum atomic E-state index is -0.174. The maximum atomic E-state index is 12.1. The molecule has 144 valence electrons. The zero-order chi connectivity index (χ0) is 19.8. The Hall–Kier alpha value is -3.61. The summed E-state index contributed by atoms with van der Waals surface area (Å²) in [5, 5.41) is 11.0. The Balaban J connectivity index is 1.46. The van der Waals surface area contributed by atoms with Gasteiger partial charge in [0.15, 0.2) is 0 Å². The van der Waals surface area contributed by atoms with E-state index in [1.165, 1.54) is 0 Å². The van der Waals surface area contributed by atoms with Gasteiger partial charge in [-0.1, -0.05) is 0 Å². The standard InChI is InChI=1S/C21H21N3O4/c1-26-17-7-3-15(4-8-17)19-11-12-20(24-23-19)28-14-13-22-21(25)16-5-9-18(27-2)10-6-16/h3-12H,13-14H2,1-2H3,(H,22,25). The van der Waals surface area contributed by atoms with Crippen LogP contribution in [0.2, 0.25) is 0 Å². The van der Waals surface area contributed by atoms with Crippen LogP contribution in [0, 0.1) is 0 Å². The molecule has 0 saturated carbocycles. The zero-order valence-corrected chi connectivity index (χ0v) is 15.7. The molecule has 0 bridgehead atoms. The van der Waals surface area contributed by atoms with Crippen LogP contribution in [-0.2, 0) is 0 Å². The maximum Gasteiger partial charge on any atom is 0.251 e. The van der Waals surface area contributed by atoms with E-state index in [1.807, 2.05) is 30.3 Å². The minimum absolute atomic E-state index is 0.174. The lowest BCUT2D eigenvalue weighted by Crippen LogP contribution is -2.28. The quantitative estimate of drug-likeness (QED) is 0.606. The van der Waals surface area contributed by atoms with E-state index < -0.39 is 0 Å². The van der Waals surface area contributed by atoms with Crippen LogP contribution in [0.4, 0.5) is 0 Å². The lowest BCUT2D eigenvalue weighted by Gasteiger charge is -2.08. The number of hydrogen-bond acceptors (Lipinski definition) is 6. The third-order valence-corrected chi connectivity index (χ3v) is 4.02. The van der Waals surface area contributed by atoms with Crippen LogP contribution in [0.1, 0.15) is 10.4 Å². The highest BCUT2D eigenvalue weighted by Gasteiger charge is 2.06. The first kappa shape index (κ1) is 19.2. The normalized spacial score (nSPS) is 10.2. The molecule has 0 aliphatic rings. The average Bonchev–Trinajstić information content (AvgIpc) is 2.77. The molecule has 0 fully saturated rings. The Morgan fingerprint density at radius 3 is 2.07 bits per heavy atom. The van der Waals surface area contributed by atoms with Crippen LogP contribution < -0.4 is 19.5 Å². The molecule has 0 aliphatic heterocycles. The van der Waals surface area contributed by atoms with Crippen molar-refractivity contribution in [2.24, 2.45) is 0 Å². The van der Waals surface area contributed by atoms with Crippen molar-refractivity contribution in [1.29, 1.82) is 0 Å². The first-order chi connectivity index (χ1) is 13.7.